The second-order valence-electron chi connectivity index (χ2n) is 5.81. The van der Waals surface area contributed by atoms with E-state index < -0.39 is 0 Å². The molecule has 0 atom stereocenters. The summed E-state index contributed by atoms with van der Waals surface area (Å²) < 4.78 is 7.37. The predicted octanol–water partition coefficient (Wildman–Crippen LogP) is 2.16. The SMILES string of the molecule is CCOCCn1nc(C)c2nc(N(C)CC)nc(Nc3ccncn3)c21. The van der Waals surface area contributed by atoms with Crippen LogP contribution >= 0.6 is 0 Å². The molecule has 0 aliphatic rings. The molecule has 26 heavy (non-hydrogen) atoms. The van der Waals surface area contributed by atoms with Crippen LogP contribution in [0.1, 0.15) is 19.5 Å². The van der Waals surface area contributed by atoms with Crippen LogP contribution < -0.4 is 10.2 Å². The van der Waals surface area contributed by atoms with Crippen molar-refractivity contribution in [3.8, 4) is 0 Å². The number of ether oxygens (including phenoxy) is 1. The minimum absolute atomic E-state index is 0.580. The summed E-state index contributed by atoms with van der Waals surface area (Å²) in [7, 11) is 1.96. The molecular weight excluding hydrogens is 332 g/mol. The molecule has 0 fully saturated rings. The standard InChI is InChI=1S/C17H24N8O/c1-5-24(4)17-21-14-12(3)23-25(9-10-26-6-2)15(14)16(22-17)20-13-7-8-18-11-19-13/h7-8,11H,5-6,9-10H2,1-4H3,(H,18,19,20,21,22). The fourth-order valence-electron chi connectivity index (χ4n) is 2.56. The van der Waals surface area contributed by atoms with Crippen molar-refractivity contribution in [3.05, 3.63) is 24.3 Å². The molecule has 0 saturated heterocycles. The molecule has 0 radical (unpaired) electrons. The van der Waals surface area contributed by atoms with Crippen LogP contribution in [0.25, 0.3) is 11.0 Å². The zero-order chi connectivity index (χ0) is 18.5. The van der Waals surface area contributed by atoms with E-state index >= 15 is 0 Å². The summed E-state index contributed by atoms with van der Waals surface area (Å²) in [5, 5.41) is 7.91. The first kappa shape index (κ1) is 18.0. The number of aryl methyl sites for hydroxylation is 1. The van der Waals surface area contributed by atoms with Gasteiger partial charge in [0.15, 0.2) is 5.82 Å². The van der Waals surface area contributed by atoms with Crippen LogP contribution in [-0.2, 0) is 11.3 Å². The molecule has 0 aliphatic heterocycles. The van der Waals surface area contributed by atoms with Crippen molar-refractivity contribution in [3.63, 3.8) is 0 Å². The van der Waals surface area contributed by atoms with Crippen molar-refractivity contribution in [2.45, 2.75) is 27.3 Å². The van der Waals surface area contributed by atoms with E-state index in [1.54, 1.807) is 12.3 Å². The summed E-state index contributed by atoms with van der Waals surface area (Å²) in [6, 6.07) is 1.80. The first-order chi connectivity index (χ1) is 12.6. The lowest BCUT2D eigenvalue weighted by Crippen LogP contribution is -2.19. The molecule has 0 aliphatic carbocycles. The molecule has 3 rings (SSSR count). The van der Waals surface area contributed by atoms with Gasteiger partial charge in [0, 0.05) is 26.4 Å². The van der Waals surface area contributed by atoms with Crippen molar-refractivity contribution in [2.24, 2.45) is 0 Å². The fraction of sp³-hybridized carbons (Fsp3) is 0.471. The Labute approximate surface area is 152 Å². The van der Waals surface area contributed by atoms with Crippen LogP contribution in [0.3, 0.4) is 0 Å². The highest BCUT2D eigenvalue weighted by Crippen LogP contribution is 2.27. The van der Waals surface area contributed by atoms with Crippen molar-refractivity contribution < 1.29 is 4.74 Å². The molecule has 3 aromatic heterocycles. The Hall–Kier alpha value is -2.81. The Morgan fingerprint density at radius 1 is 1.27 bits per heavy atom. The molecule has 0 bridgehead atoms. The van der Waals surface area contributed by atoms with Gasteiger partial charge in [0.05, 0.1) is 18.8 Å². The number of anilines is 3. The van der Waals surface area contributed by atoms with Gasteiger partial charge in [0.25, 0.3) is 0 Å². The molecule has 0 unspecified atom stereocenters. The molecule has 9 heteroatoms. The second-order valence-corrected chi connectivity index (χ2v) is 5.81. The lowest BCUT2D eigenvalue weighted by atomic mass is 10.3. The van der Waals surface area contributed by atoms with Gasteiger partial charge in [0.2, 0.25) is 5.95 Å². The summed E-state index contributed by atoms with van der Waals surface area (Å²) in [5.41, 5.74) is 2.52. The maximum Gasteiger partial charge on any atom is 0.227 e. The maximum absolute atomic E-state index is 5.48. The van der Waals surface area contributed by atoms with Gasteiger partial charge in [-0.3, -0.25) is 4.68 Å². The molecule has 0 aromatic carbocycles. The number of fused-ring (bicyclic) bond motifs is 1. The minimum atomic E-state index is 0.580. The molecule has 0 saturated carbocycles. The van der Waals surface area contributed by atoms with Crippen molar-refractivity contribution in [1.29, 1.82) is 0 Å². The van der Waals surface area contributed by atoms with Crippen LogP contribution in [0.4, 0.5) is 17.6 Å². The second kappa shape index (κ2) is 8.05. The predicted molar refractivity (Wildman–Crippen MR) is 101 cm³/mol. The molecule has 0 spiro atoms. The molecule has 9 nitrogen and oxygen atoms in total. The quantitative estimate of drug-likeness (QED) is 0.614. The van der Waals surface area contributed by atoms with Gasteiger partial charge in [-0.25, -0.2) is 15.0 Å². The highest BCUT2D eigenvalue weighted by Gasteiger charge is 2.18. The monoisotopic (exact) mass is 356 g/mol. The largest absolute Gasteiger partial charge is 0.380 e. The first-order valence-corrected chi connectivity index (χ1v) is 8.71. The third-order valence-corrected chi connectivity index (χ3v) is 4.04. The Kier molecular flexibility index (Phi) is 5.57. The van der Waals surface area contributed by atoms with E-state index in [4.69, 9.17) is 14.7 Å². The zero-order valence-corrected chi connectivity index (χ0v) is 15.6. The van der Waals surface area contributed by atoms with Crippen LogP contribution in [0, 0.1) is 6.92 Å². The number of hydrogen-bond donors (Lipinski definition) is 1. The summed E-state index contributed by atoms with van der Waals surface area (Å²) in [5.74, 6) is 1.98. The van der Waals surface area contributed by atoms with E-state index in [1.165, 1.54) is 6.33 Å². The third kappa shape index (κ3) is 3.72. The van der Waals surface area contributed by atoms with Gasteiger partial charge in [-0.15, -0.1) is 0 Å². The van der Waals surface area contributed by atoms with Crippen LogP contribution in [0.15, 0.2) is 18.6 Å². The lowest BCUT2D eigenvalue weighted by Gasteiger charge is -2.16. The van der Waals surface area contributed by atoms with Gasteiger partial charge >= 0.3 is 0 Å². The van der Waals surface area contributed by atoms with Crippen LogP contribution in [0.5, 0.6) is 0 Å². The van der Waals surface area contributed by atoms with Crippen molar-refractivity contribution >= 4 is 28.6 Å². The first-order valence-electron chi connectivity index (χ1n) is 8.71. The Morgan fingerprint density at radius 3 is 2.81 bits per heavy atom. The summed E-state index contributed by atoms with van der Waals surface area (Å²) in [6.07, 6.45) is 3.18. The molecule has 138 valence electrons. The minimum Gasteiger partial charge on any atom is -0.380 e. The molecule has 1 N–H and O–H groups in total. The topological polar surface area (TPSA) is 93.9 Å². The highest BCUT2D eigenvalue weighted by atomic mass is 16.5. The maximum atomic E-state index is 5.48. The van der Waals surface area contributed by atoms with Gasteiger partial charge in [-0.2, -0.15) is 10.1 Å². The molecule has 3 heterocycles. The number of hydrogen-bond acceptors (Lipinski definition) is 8. The molecule has 3 aromatic rings. The molecular formula is C17H24N8O. The van der Waals surface area contributed by atoms with E-state index in [-0.39, 0.29) is 0 Å². The van der Waals surface area contributed by atoms with Gasteiger partial charge in [-0.1, -0.05) is 0 Å². The Balaban J connectivity index is 2.10. The number of rotatable bonds is 8. The Morgan fingerprint density at radius 2 is 2.12 bits per heavy atom. The van der Waals surface area contributed by atoms with Gasteiger partial charge < -0.3 is 15.0 Å². The van der Waals surface area contributed by atoms with E-state index in [0.29, 0.717) is 37.3 Å². The van der Waals surface area contributed by atoms with Crippen molar-refractivity contribution in [1.82, 2.24) is 29.7 Å². The number of nitrogens with zero attached hydrogens (tertiary/aromatic N) is 7. The van der Waals surface area contributed by atoms with Crippen LogP contribution in [0.2, 0.25) is 0 Å². The molecule has 0 amide bonds. The van der Waals surface area contributed by atoms with E-state index in [1.807, 2.05) is 30.5 Å². The highest BCUT2D eigenvalue weighted by molar-refractivity contribution is 5.90. The van der Waals surface area contributed by atoms with E-state index in [0.717, 1.165) is 23.3 Å². The summed E-state index contributed by atoms with van der Waals surface area (Å²) in [6.45, 7) is 8.67. The normalized spacial score (nSPS) is 11.1. The van der Waals surface area contributed by atoms with Crippen molar-refractivity contribution in [2.75, 3.05) is 37.0 Å². The van der Waals surface area contributed by atoms with E-state index in [9.17, 15) is 0 Å². The van der Waals surface area contributed by atoms with Gasteiger partial charge in [0.1, 0.15) is 23.2 Å². The van der Waals surface area contributed by atoms with Crippen LogP contribution in [-0.4, -0.2) is 56.5 Å². The summed E-state index contributed by atoms with van der Waals surface area (Å²) >= 11 is 0. The zero-order valence-electron chi connectivity index (χ0n) is 15.6. The number of aromatic nitrogens is 6. The smallest absolute Gasteiger partial charge is 0.227 e. The Bertz CT molecular complexity index is 864. The summed E-state index contributed by atoms with van der Waals surface area (Å²) in [4.78, 5) is 19.6. The fourth-order valence-corrected chi connectivity index (χ4v) is 2.56. The average molecular weight is 356 g/mol. The average Bonchev–Trinajstić information content (AvgIpc) is 2.98. The van der Waals surface area contributed by atoms with E-state index in [2.05, 4.69) is 27.3 Å². The van der Waals surface area contributed by atoms with Gasteiger partial charge in [-0.05, 0) is 26.8 Å². The third-order valence-electron chi connectivity index (χ3n) is 4.04. The number of nitrogens with one attached hydrogen (secondary N) is 1. The lowest BCUT2D eigenvalue weighted by molar-refractivity contribution is 0.137.